The first-order valence-electron chi connectivity index (χ1n) is 5.69. The molecule has 4 nitrogen and oxygen atoms in total. The summed E-state index contributed by atoms with van der Waals surface area (Å²) in [5, 5.41) is 8.64. The lowest BCUT2D eigenvalue weighted by Gasteiger charge is -2.14. The van der Waals surface area contributed by atoms with Crippen molar-refractivity contribution >= 4 is 17.5 Å². The van der Waals surface area contributed by atoms with E-state index >= 15 is 0 Å². The fourth-order valence-corrected chi connectivity index (χ4v) is 1.93. The third-order valence-corrected chi connectivity index (χ3v) is 2.82. The van der Waals surface area contributed by atoms with Gasteiger partial charge in [-0.3, -0.25) is 14.5 Å². The zero-order valence-electron chi connectivity index (χ0n) is 10.1. The molecule has 1 aliphatic heterocycles. The van der Waals surface area contributed by atoms with Crippen LogP contribution >= 0.6 is 0 Å². The Morgan fingerprint density at radius 2 is 1.94 bits per heavy atom. The number of carbonyl (C=O) groups excluding carboxylic acids is 2. The fraction of sp³-hybridized carbons (Fsp3) is 0.286. The second kappa shape index (κ2) is 5.03. The van der Waals surface area contributed by atoms with Gasteiger partial charge in [-0.2, -0.15) is 0 Å². The third-order valence-electron chi connectivity index (χ3n) is 2.82. The van der Waals surface area contributed by atoms with Crippen molar-refractivity contribution in [3.8, 4) is 11.8 Å². The summed E-state index contributed by atoms with van der Waals surface area (Å²) in [6, 6.07) is 5.23. The zero-order chi connectivity index (χ0) is 13.1. The van der Waals surface area contributed by atoms with Crippen LogP contribution in [0.4, 0.5) is 5.69 Å². The SMILES string of the molecule is Cc1cc(N2C(=O)CCC2=O)ccc1C#CCO. The molecule has 0 saturated carbocycles. The lowest BCUT2D eigenvalue weighted by atomic mass is 10.1. The van der Waals surface area contributed by atoms with E-state index in [0.717, 1.165) is 11.1 Å². The van der Waals surface area contributed by atoms with Crippen molar-refractivity contribution in [2.75, 3.05) is 11.5 Å². The van der Waals surface area contributed by atoms with Crippen molar-refractivity contribution in [3.63, 3.8) is 0 Å². The second-order valence-electron chi connectivity index (χ2n) is 4.08. The Bertz CT molecular complexity index is 550. The number of aliphatic hydroxyl groups is 1. The second-order valence-corrected chi connectivity index (χ2v) is 4.08. The molecule has 1 aromatic rings. The number of aryl methyl sites for hydroxylation is 1. The summed E-state index contributed by atoms with van der Waals surface area (Å²) in [5.41, 5.74) is 2.25. The van der Waals surface area contributed by atoms with Crippen molar-refractivity contribution in [2.24, 2.45) is 0 Å². The van der Waals surface area contributed by atoms with Gasteiger partial charge in [-0.1, -0.05) is 11.8 Å². The van der Waals surface area contributed by atoms with Crippen LogP contribution in [0, 0.1) is 18.8 Å². The number of rotatable bonds is 1. The summed E-state index contributed by atoms with van der Waals surface area (Å²) >= 11 is 0. The summed E-state index contributed by atoms with van der Waals surface area (Å²) in [6.07, 6.45) is 0.563. The van der Waals surface area contributed by atoms with Gasteiger partial charge in [-0.25, -0.2) is 0 Å². The Morgan fingerprint density at radius 3 is 2.50 bits per heavy atom. The highest BCUT2D eigenvalue weighted by atomic mass is 16.2. The van der Waals surface area contributed by atoms with Gasteiger partial charge in [-0.15, -0.1) is 0 Å². The average Bonchev–Trinajstić information content (AvgIpc) is 2.68. The lowest BCUT2D eigenvalue weighted by molar-refractivity contribution is -0.121. The Hall–Kier alpha value is -2.12. The summed E-state index contributed by atoms with van der Waals surface area (Å²) in [4.78, 5) is 24.4. The quantitative estimate of drug-likeness (QED) is 0.591. The van der Waals surface area contributed by atoms with Crippen LogP contribution in [-0.2, 0) is 9.59 Å². The number of carbonyl (C=O) groups is 2. The third kappa shape index (κ3) is 2.27. The van der Waals surface area contributed by atoms with E-state index in [2.05, 4.69) is 11.8 Å². The molecule has 4 heteroatoms. The van der Waals surface area contributed by atoms with E-state index in [1.807, 2.05) is 6.92 Å². The van der Waals surface area contributed by atoms with Crippen molar-refractivity contribution in [1.82, 2.24) is 0 Å². The largest absolute Gasteiger partial charge is 0.384 e. The molecule has 0 unspecified atom stereocenters. The van der Waals surface area contributed by atoms with E-state index in [4.69, 9.17) is 5.11 Å². The summed E-state index contributed by atoms with van der Waals surface area (Å²) in [6.45, 7) is 1.67. The van der Waals surface area contributed by atoms with Crippen LogP contribution in [0.1, 0.15) is 24.0 Å². The predicted molar refractivity (Wildman–Crippen MR) is 66.9 cm³/mol. The van der Waals surface area contributed by atoms with Gasteiger partial charge in [0.15, 0.2) is 0 Å². The van der Waals surface area contributed by atoms with Gasteiger partial charge in [0.1, 0.15) is 6.61 Å². The summed E-state index contributed by atoms with van der Waals surface area (Å²) < 4.78 is 0. The highest BCUT2D eigenvalue weighted by Gasteiger charge is 2.30. The molecule has 0 spiro atoms. The molecule has 92 valence electrons. The first-order chi connectivity index (χ1) is 8.63. The van der Waals surface area contributed by atoms with Gasteiger partial charge >= 0.3 is 0 Å². The Kier molecular flexibility index (Phi) is 3.45. The van der Waals surface area contributed by atoms with E-state index in [1.165, 1.54) is 4.90 Å². The lowest BCUT2D eigenvalue weighted by Crippen LogP contribution is -2.28. The van der Waals surface area contributed by atoms with Crippen molar-refractivity contribution in [3.05, 3.63) is 29.3 Å². The summed E-state index contributed by atoms with van der Waals surface area (Å²) in [7, 11) is 0. The van der Waals surface area contributed by atoms with Crippen LogP contribution in [0.2, 0.25) is 0 Å². The maximum Gasteiger partial charge on any atom is 0.234 e. The van der Waals surface area contributed by atoms with Crippen LogP contribution in [-0.4, -0.2) is 23.5 Å². The smallest absolute Gasteiger partial charge is 0.234 e. The number of aliphatic hydroxyl groups excluding tert-OH is 1. The first-order valence-corrected chi connectivity index (χ1v) is 5.69. The molecule has 1 saturated heterocycles. The van der Waals surface area contributed by atoms with E-state index in [9.17, 15) is 9.59 Å². The number of amides is 2. The molecule has 1 fully saturated rings. The minimum atomic E-state index is -0.190. The molecule has 0 aliphatic carbocycles. The average molecular weight is 243 g/mol. The topological polar surface area (TPSA) is 57.6 Å². The molecule has 2 amide bonds. The highest BCUT2D eigenvalue weighted by molar-refractivity contribution is 6.19. The van der Waals surface area contributed by atoms with Crippen LogP contribution in [0.25, 0.3) is 0 Å². The fourth-order valence-electron chi connectivity index (χ4n) is 1.93. The molecule has 1 aromatic carbocycles. The molecule has 18 heavy (non-hydrogen) atoms. The van der Waals surface area contributed by atoms with E-state index in [1.54, 1.807) is 18.2 Å². The van der Waals surface area contributed by atoms with Crippen LogP contribution in [0.15, 0.2) is 18.2 Å². The minimum absolute atomic E-state index is 0.159. The predicted octanol–water partition coefficient (Wildman–Crippen LogP) is 0.992. The van der Waals surface area contributed by atoms with Gasteiger partial charge in [0.25, 0.3) is 0 Å². The molecule has 1 N–H and O–H groups in total. The molecule has 1 aliphatic rings. The number of hydrogen-bond donors (Lipinski definition) is 1. The van der Waals surface area contributed by atoms with Gasteiger partial charge in [0.05, 0.1) is 5.69 Å². The zero-order valence-corrected chi connectivity index (χ0v) is 10.1. The molecule has 0 radical (unpaired) electrons. The van der Waals surface area contributed by atoms with Gasteiger partial charge in [0, 0.05) is 18.4 Å². The van der Waals surface area contributed by atoms with Crippen molar-refractivity contribution in [1.29, 1.82) is 0 Å². The van der Waals surface area contributed by atoms with Gasteiger partial charge in [-0.05, 0) is 30.7 Å². The first kappa shape index (κ1) is 12.3. The van der Waals surface area contributed by atoms with Gasteiger partial charge < -0.3 is 5.11 Å². The van der Waals surface area contributed by atoms with E-state index < -0.39 is 0 Å². The van der Waals surface area contributed by atoms with Gasteiger partial charge in [0.2, 0.25) is 11.8 Å². The van der Waals surface area contributed by atoms with Crippen LogP contribution in [0.3, 0.4) is 0 Å². The Balaban J connectivity index is 2.34. The molecular formula is C14H13NO3. The van der Waals surface area contributed by atoms with Crippen molar-refractivity contribution < 1.29 is 14.7 Å². The Labute approximate surface area is 105 Å². The molecule has 0 aromatic heterocycles. The van der Waals surface area contributed by atoms with Crippen LogP contribution < -0.4 is 4.90 Å². The maximum absolute atomic E-state index is 11.6. The molecule has 0 bridgehead atoms. The Morgan fingerprint density at radius 1 is 1.28 bits per heavy atom. The number of nitrogens with zero attached hydrogens (tertiary/aromatic N) is 1. The number of anilines is 1. The van der Waals surface area contributed by atoms with E-state index in [0.29, 0.717) is 5.69 Å². The summed E-state index contributed by atoms with van der Waals surface area (Å²) in [5.74, 6) is 5.07. The van der Waals surface area contributed by atoms with Crippen LogP contribution in [0.5, 0.6) is 0 Å². The minimum Gasteiger partial charge on any atom is -0.384 e. The number of hydrogen-bond acceptors (Lipinski definition) is 3. The monoisotopic (exact) mass is 243 g/mol. The highest BCUT2D eigenvalue weighted by Crippen LogP contribution is 2.24. The van der Waals surface area contributed by atoms with E-state index in [-0.39, 0.29) is 31.3 Å². The number of imide groups is 1. The molecule has 0 atom stereocenters. The maximum atomic E-state index is 11.6. The molecule has 1 heterocycles. The number of benzene rings is 1. The van der Waals surface area contributed by atoms with Crippen molar-refractivity contribution in [2.45, 2.75) is 19.8 Å². The normalized spacial score (nSPS) is 14.7. The molecular weight excluding hydrogens is 230 g/mol. The molecule has 2 rings (SSSR count). The standard InChI is InChI=1S/C14H13NO3/c1-10-9-12(5-4-11(10)3-2-8-16)15-13(17)6-7-14(15)18/h4-5,9,16H,6-8H2,1H3.